The number of pyridine rings is 1. The van der Waals surface area contributed by atoms with Gasteiger partial charge in [0.25, 0.3) is 0 Å². The van der Waals surface area contributed by atoms with E-state index < -0.39 is 5.97 Å². The first-order chi connectivity index (χ1) is 25.7. The molecule has 2 fully saturated rings. The Labute approximate surface area is 319 Å². The molecule has 2 saturated heterocycles. The van der Waals surface area contributed by atoms with Gasteiger partial charge < -0.3 is 30.0 Å². The number of amides is 1. The lowest BCUT2D eigenvalue weighted by Gasteiger charge is -2.30. The molecular weight excluding hydrogens is 717 g/mol. The summed E-state index contributed by atoms with van der Waals surface area (Å²) in [6.45, 7) is 3.24. The number of hydrogen-bond donors (Lipinski definition) is 3. The number of dihydropyridines is 1. The number of carboxylic acid groups (broad SMARTS) is 1. The molecule has 4 heterocycles. The Morgan fingerprint density at radius 2 is 1.77 bits per heavy atom. The second kappa shape index (κ2) is 16.5. The molecule has 3 atom stereocenters. The number of piperidine rings is 1. The third kappa shape index (κ3) is 8.18. The fourth-order valence-electron chi connectivity index (χ4n) is 7.94. The highest BCUT2D eigenvalue weighted by Crippen LogP contribution is 2.45. The van der Waals surface area contributed by atoms with Crippen molar-refractivity contribution in [3.05, 3.63) is 86.4 Å². The molecule has 3 aliphatic heterocycles. The number of halogens is 2. The van der Waals surface area contributed by atoms with E-state index in [1.807, 2.05) is 24.3 Å². The van der Waals surface area contributed by atoms with Gasteiger partial charge >= 0.3 is 5.97 Å². The van der Waals surface area contributed by atoms with Crippen LogP contribution in [0, 0.1) is 5.92 Å². The van der Waals surface area contributed by atoms with Crippen molar-refractivity contribution in [2.45, 2.75) is 69.7 Å². The summed E-state index contributed by atoms with van der Waals surface area (Å²) in [5.41, 5.74) is 7.02. The molecule has 0 spiro atoms. The van der Waals surface area contributed by atoms with Gasteiger partial charge in [0.15, 0.2) is 0 Å². The van der Waals surface area contributed by atoms with E-state index in [2.05, 4.69) is 44.8 Å². The Morgan fingerprint density at radius 1 is 1.00 bits per heavy atom. The number of rotatable bonds is 12. The minimum absolute atomic E-state index is 0.110. The fourth-order valence-corrected chi connectivity index (χ4v) is 8.52. The van der Waals surface area contributed by atoms with Crippen molar-refractivity contribution in [1.82, 2.24) is 20.5 Å². The van der Waals surface area contributed by atoms with Crippen LogP contribution in [-0.2, 0) is 27.3 Å². The molecule has 7 rings (SSSR count). The van der Waals surface area contributed by atoms with Gasteiger partial charge in [0.2, 0.25) is 23.6 Å². The van der Waals surface area contributed by atoms with Crippen LogP contribution in [-0.4, -0.2) is 79.2 Å². The van der Waals surface area contributed by atoms with Crippen molar-refractivity contribution >= 4 is 41.0 Å². The van der Waals surface area contributed by atoms with E-state index in [-0.39, 0.29) is 30.0 Å². The molecule has 0 bridgehead atoms. The van der Waals surface area contributed by atoms with Crippen LogP contribution in [0.3, 0.4) is 0 Å². The molecule has 13 heteroatoms. The lowest BCUT2D eigenvalue weighted by atomic mass is 9.92. The van der Waals surface area contributed by atoms with Gasteiger partial charge in [-0.25, -0.2) is 4.99 Å². The molecule has 1 aliphatic carbocycles. The summed E-state index contributed by atoms with van der Waals surface area (Å²) in [5.74, 6) is 0.431. The highest BCUT2D eigenvalue weighted by atomic mass is 35.5. The summed E-state index contributed by atoms with van der Waals surface area (Å²) in [6.07, 6.45) is 6.81. The highest BCUT2D eigenvalue weighted by Gasteiger charge is 2.31. The number of aromatic nitrogens is 1. The van der Waals surface area contributed by atoms with Crippen LogP contribution in [0.4, 0.5) is 0 Å². The Balaban J connectivity index is 1.05. The van der Waals surface area contributed by atoms with Gasteiger partial charge in [0, 0.05) is 48.8 Å². The first-order valence-electron chi connectivity index (χ1n) is 18.3. The number of fused-ring (bicyclic) bond motifs is 1. The Bertz CT molecular complexity index is 1930. The van der Waals surface area contributed by atoms with Gasteiger partial charge in [-0.1, -0.05) is 65.7 Å². The number of carboxylic acids is 1. The number of ether oxygens (including phenoxy) is 3. The highest BCUT2D eigenvalue weighted by molar-refractivity contribution is 6.34. The van der Waals surface area contributed by atoms with Crippen LogP contribution in [0.2, 0.25) is 10.0 Å². The van der Waals surface area contributed by atoms with Gasteiger partial charge in [-0.2, -0.15) is 4.98 Å². The predicted molar refractivity (Wildman–Crippen MR) is 204 cm³/mol. The van der Waals surface area contributed by atoms with Crippen molar-refractivity contribution in [1.29, 1.82) is 0 Å². The monoisotopic (exact) mass is 761 g/mol. The Kier molecular flexibility index (Phi) is 11.5. The maximum absolute atomic E-state index is 11.5. The SMILES string of the molecule is COC1=NC(c2cccc(-c3cccc4c3CC[C@@H]4Oc3nc(OC)c(CN4CCC(C(=O)O)CC4)cc3Cl)c2Cl)CC=C1CNC[C@@H]1CCC(=O)N1. The fraction of sp³-hybridized carbons (Fsp3) is 0.450. The summed E-state index contributed by atoms with van der Waals surface area (Å²) >= 11 is 14.0. The molecule has 1 unspecified atom stereocenters. The summed E-state index contributed by atoms with van der Waals surface area (Å²) in [6, 6.07) is 14.2. The first kappa shape index (κ1) is 37.2. The topological polar surface area (TPSA) is 135 Å². The third-order valence-corrected chi connectivity index (χ3v) is 11.5. The zero-order chi connectivity index (χ0) is 37.1. The maximum Gasteiger partial charge on any atom is 0.306 e. The van der Waals surface area contributed by atoms with E-state index >= 15 is 0 Å². The van der Waals surface area contributed by atoms with Crippen LogP contribution in [0.15, 0.2) is 59.1 Å². The largest absolute Gasteiger partial charge is 0.481 e. The van der Waals surface area contributed by atoms with Gasteiger partial charge in [0.1, 0.15) is 11.1 Å². The van der Waals surface area contributed by atoms with E-state index in [0.717, 1.165) is 52.7 Å². The molecule has 4 aliphatic rings. The molecule has 53 heavy (non-hydrogen) atoms. The number of aliphatic imine (C=N–C) groups is 1. The molecular formula is C40H45Cl2N5O6. The van der Waals surface area contributed by atoms with Crippen molar-refractivity contribution in [2.75, 3.05) is 40.4 Å². The van der Waals surface area contributed by atoms with Crippen molar-refractivity contribution in [3.8, 4) is 22.9 Å². The number of methoxy groups -OCH3 is 2. The van der Waals surface area contributed by atoms with Crippen LogP contribution < -0.4 is 20.1 Å². The molecule has 0 saturated carbocycles. The second-order valence-corrected chi connectivity index (χ2v) is 14.9. The smallest absolute Gasteiger partial charge is 0.306 e. The average Bonchev–Trinajstić information content (AvgIpc) is 3.78. The molecule has 11 nitrogen and oxygen atoms in total. The summed E-state index contributed by atoms with van der Waals surface area (Å²) in [7, 11) is 3.22. The normalized spacial score (nSPS) is 21.8. The molecule has 1 amide bonds. The van der Waals surface area contributed by atoms with Gasteiger partial charge in [-0.15, -0.1) is 0 Å². The molecule has 3 N–H and O–H groups in total. The van der Waals surface area contributed by atoms with Crippen molar-refractivity contribution in [3.63, 3.8) is 0 Å². The van der Waals surface area contributed by atoms with Crippen molar-refractivity contribution in [2.24, 2.45) is 10.9 Å². The van der Waals surface area contributed by atoms with E-state index in [0.29, 0.717) is 86.1 Å². The number of aliphatic carboxylic acids is 1. The molecule has 0 radical (unpaired) electrons. The summed E-state index contributed by atoms with van der Waals surface area (Å²) in [4.78, 5) is 34.8. The number of nitrogens with zero attached hydrogens (tertiary/aromatic N) is 3. The van der Waals surface area contributed by atoms with Crippen LogP contribution in [0.5, 0.6) is 11.8 Å². The zero-order valence-electron chi connectivity index (χ0n) is 30.0. The Hall–Kier alpha value is -4.16. The van der Waals surface area contributed by atoms with Gasteiger partial charge in [0.05, 0.1) is 31.2 Å². The summed E-state index contributed by atoms with van der Waals surface area (Å²) < 4.78 is 17.9. The lowest BCUT2D eigenvalue weighted by Crippen LogP contribution is -2.37. The van der Waals surface area contributed by atoms with Crippen LogP contribution in [0.1, 0.15) is 72.9 Å². The van der Waals surface area contributed by atoms with E-state index in [4.69, 9.17) is 42.4 Å². The van der Waals surface area contributed by atoms with Gasteiger partial charge in [-0.05, 0) is 79.9 Å². The quantitative estimate of drug-likeness (QED) is 0.184. The van der Waals surface area contributed by atoms with Crippen LogP contribution >= 0.6 is 23.2 Å². The summed E-state index contributed by atoms with van der Waals surface area (Å²) in [5, 5.41) is 16.9. The lowest BCUT2D eigenvalue weighted by molar-refractivity contribution is -0.143. The molecule has 2 aromatic carbocycles. The number of benzene rings is 2. The predicted octanol–water partition coefficient (Wildman–Crippen LogP) is 6.71. The second-order valence-electron chi connectivity index (χ2n) is 14.1. The molecule has 3 aromatic rings. The van der Waals surface area contributed by atoms with E-state index in [1.165, 1.54) is 5.56 Å². The molecule has 280 valence electrons. The van der Waals surface area contributed by atoms with Crippen molar-refractivity contribution < 1.29 is 28.9 Å². The average molecular weight is 763 g/mol. The van der Waals surface area contributed by atoms with Crippen LogP contribution in [0.25, 0.3) is 11.1 Å². The third-order valence-electron chi connectivity index (χ3n) is 10.8. The number of carbonyl (C=O) groups is 2. The minimum atomic E-state index is -0.730. The first-order valence-corrected chi connectivity index (χ1v) is 19.0. The Morgan fingerprint density at radius 3 is 2.49 bits per heavy atom. The maximum atomic E-state index is 11.5. The van der Waals surface area contributed by atoms with E-state index in [1.54, 1.807) is 14.2 Å². The molecule has 1 aromatic heterocycles. The zero-order valence-corrected chi connectivity index (χ0v) is 31.5. The number of nitrogens with one attached hydrogen (secondary N) is 2. The standard InChI is InChI=1S/C40H45Cl2N5O6/c1-51-37-24(20-43-21-26-10-14-35(48)44-26)9-12-33(45-37)31-8-4-7-30(36(31)42)27-5-3-6-29-28(27)11-13-34(29)53-39-32(41)19-25(38(46-39)52-2)22-47-17-15-23(16-18-47)40(49)50/h3-9,19,23,26,33-34,43H,10-18,20-22H2,1-2H3,(H,44,48)(H,49,50)/t26-,33?,34-/m0/s1. The number of hydrogen-bond acceptors (Lipinski definition) is 9. The van der Waals surface area contributed by atoms with E-state index in [9.17, 15) is 14.7 Å². The minimum Gasteiger partial charge on any atom is -0.481 e. The number of likely N-dealkylation sites (tertiary alicyclic amines) is 1. The van der Waals surface area contributed by atoms with Gasteiger partial charge in [-0.3, -0.25) is 14.5 Å². The number of carbonyl (C=O) groups excluding carboxylic acids is 1.